The summed E-state index contributed by atoms with van der Waals surface area (Å²) in [7, 11) is 0. The Morgan fingerprint density at radius 2 is 1.84 bits per heavy atom. The molecule has 1 N–H and O–H groups in total. The third-order valence-corrected chi connectivity index (χ3v) is 4.31. The van der Waals surface area contributed by atoms with Gasteiger partial charge in [0, 0.05) is 5.92 Å². The van der Waals surface area contributed by atoms with Gasteiger partial charge in [0.05, 0.1) is 6.54 Å². The van der Waals surface area contributed by atoms with Crippen molar-refractivity contribution in [3.8, 4) is 0 Å². The fourth-order valence-electron chi connectivity index (χ4n) is 2.94. The molecule has 1 saturated carbocycles. The molecule has 19 heavy (non-hydrogen) atoms. The number of nitrogens with zero attached hydrogens (tertiary/aromatic N) is 2. The molecule has 0 saturated heterocycles. The lowest BCUT2D eigenvalue weighted by Crippen LogP contribution is -2.25. The van der Waals surface area contributed by atoms with E-state index in [-0.39, 0.29) is 0 Å². The molecule has 0 atom stereocenters. The summed E-state index contributed by atoms with van der Waals surface area (Å²) >= 11 is 0. The predicted molar refractivity (Wildman–Crippen MR) is 75.8 cm³/mol. The molecule has 4 nitrogen and oxygen atoms in total. The van der Waals surface area contributed by atoms with Crippen LogP contribution in [-0.4, -0.2) is 16.7 Å². The van der Waals surface area contributed by atoms with Gasteiger partial charge in [-0.15, -0.1) is 10.2 Å². The van der Waals surface area contributed by atoms with E-state index in [9.17, 15) is 0 Å². The van der Waals surface area contributed by atoms with E-state index in [0.717, 1.165) is 24.2 Å². The van der Waals surface area contributed by atoms with E-state index < -0.39 is 0 Å². The molecule has 0 unspecified atom stereocenters. The average molecular weight is 265 g/mol. The van der Waals surface area contributed by atoms with Crippen molar-refractivity contribution in [2.24, 2.45) is 11.3 Å². The summed E-state index contributed by atoms with van der Waals surface area (Å²) in [5, 5.41) is 11.6. The largest absolute Gasteiger partial charge is 0.424 e. The van der Waals surface area contributed by atoms with E-state index >= 15 is 0 Å². The number of nitrogens with one attached hydrogen (secondary N) is 1. The summed E-state index contributed by atoms with van der Waals surface area (Å²) in [4.78, 5) is 0. The lowest BCUT2D eigenvalue weighted by Gasteiger charge is -2.36. The molecule has 4 heteroatoms. The van der Waals surface area contributed by atoms with Crippen molar-refractivity contribution in [3.63, 3.8) is 0 Å². The fraction of sp³-hybridized carbons (Fsp3) is 0.867. The number of hydrogen-bond acceptors (Lipinski definition) is 4. The van der Waals surface area contributed by atoms with Gasteiger partial charge < -0.3 is 9.73 Å². The summed E-state index contributed by atoms with van der Waals surface area (Å²) < 4.78 is 5.76. The zero-order valence-corrected chi connectivity index (χ0v) is 12.7. The summed E-state index contributed by atoms with van der Waals surface area (Å²) in [5.74, 6) is 2.87. The topological polar surface area (TPSA) is 51.0 Å². The molecular formula is C15H27N3O. The highest BCUT2D eigenvalue weighted by molar-refractivity contribution is 4.95. The standard InChI is InChI=1S/C15H27N3O/c1-5-16-10-13-17-18-14(19-13)11-6-8-12(9-7-11)15(2,3)4/h11-12,16H,5-10H2,1-4H3. The maximum absolute atomic E-state index is 5.76. The van der Waals surface area contributed by atoms with Crippen LogP contribution in [0.25, 0.3) is 0 Å². The van der Waals surface area contributed by atoms with Gasteiger partial charge >= 0.3 is 0 Å². The van der Waals surface area contributed by atoms with E-state index in [0.29, 0.717) is 17.9 Å². The van der Waals surface area contributed by atoms with Crippen LogP contribution in [0.3, 0.4) is 0 Å². The lowest BCUT2D eigenvalue weighted by molar-refractivity contribution is 0.161. The molecular weight excluding hydrogens is 238 g/mol. The Kier molecular flexibility index (Phi) is 4.61. The van der Waals surface area contributed by atoms with E-state index in [1.54, 1.807) is 0 Å². The van der Waals surface area contributed by atoms with Gasteiger partial charge in [0.15, 0.2) is 0 Å². The number of aromatic nitrogens is 2. The van der Waals surface area contributed by atoms with Crippen molar-refractivity contribution < 1.29 is 4.42 Å². The molecule has 0 amide bonds. The second-order valence-electron chi connectivity index (χ2n) is 6.73. The van der Waals surface area contributed by atoms with Crippen LogP contribution >= 0.6 is 0 Å². The summed E-state index contributed by atoms with van der Waals surface area (Å²) in [5.41, 5.74) is 0.427. The van der Waals surface area contributed by atoms with E-state index in [4.69, 9.17) is 4.42 Å². The van der Waals surface area contributed by atoms with Crippen LogP contribution in [0, 0.1) is 11.3 Å². The summed E-state index contributed by atoms with van der Waals surface area (Å²) in [6.07, 6.45) is 4.92. The number of rotatable bonds is 4. The highest BCUT2D eigenvalue weighted by Gasteiger charge is 2.32. The first-order valence-electron chi connectivity index (χ1n) is 7.53. The zero-order chi connectivity index (χ0) is 13.9. The van der Waals surface area contributed by atoms with Gasteiger partial charge in [-0.25, -0.2) is 0 Å². The third kappa shape index (κ3) is 3.78. The molecule has 1 heterocycles. The van der Waals surface area contributed by atoms with E-state index in [1.807, 2.05) is 0 Å². The van der Waals surface area contributed by atoms with Crippen molar-refractivity contribution in [1.82, 2.24) is 15.5 Å². The first-order valence-corrected chi connectivity index (χ1v) is 7.53. The normalized spacial score (nSPS) is 24.6. The van der Waals surface area contributed by atoms with Gasteiger partial charge in [-0.1, -0.05) is 27.7 Å². The third-order valence-electron chi connectivity index (χ3n) is 4.31. The Morgan fingerprint density at radius 3 is 2.42 bits per heavy atom. The molecule has 2 rings (SSSR count). The monoisotopic (exact) mass is 265 g/mol. The van der Waals surface area contributed by atoms with E-state index in [1.165, 1.54) is 25.7 Å². The molecule has 0 radical (unpaired) electrons. The minimum Gasteiger partial charge on any atom is -0.424 e. The Bertz CT molecular complexity index is 386. The highest BCUT2D eigenvalue weighted by atomic mass is 16.4. The van der Waals surface area contributed by atoms with Crippen molar-refractivity contribution in [2.45, 2.75) is 65.8 Å². The minimum absolute atomic E-state index is 0.427. The summed E-state index contributed by atoms with van der Waals surface area (Å²) in [6, 6.07) is 0. The minimum atomic E-state index is 0.427. The number of hydrogen-bond donors (Lipinski definition) is 1. The predicted octanol–water partition coefficient (Wildman–Crippen LogP) is 3.50. The molecule has 1 aliphatic rings. The maximum atomic E-state index is 5.76. The van der Waals surface area contributed by atoms with Crippen LogP contribution in [0.2, 0.25) is 0 Å². The van der Waals surface area contributed by atoms with Crippen LogP contribution in [0.5, 0.6) is 0 Å². The quantitative estimate of drug-likeness (QED) is 0.905. The van der Waals surface area contributed by atoms with Crippen LogP contribution in [-0.2, 0) is 6.54 Å². The molecule has 0 spiro atoms. The average Bonchev–Trinajstić information content (AvgIpc) is 2.84. The van der Waals surface area contributed by atoms with Crippen molar-refractivity contribution in [3.05, 3.63) is 11.8 Å². The second kappa shape index (κ2) is 6.04. The van der Waals surface area contributed by atoms with Crippen molar-refractivity contribution >= 4 is 0 Å². The van der Waals surface area contributed by atoms with Crippen LogP contribution in [0.4, 0.5) is 0 Å². The van der Waals surface area contributed by atoms with Crippen molar-refractivity contribution in [1.29, 1.82) is 0 Å². The van der Waals surface area contributed by atoms with E-state index in [2.05, 4.69) is 43.2 Å². The SMILES string of the molecule is CCNCc1nnc(C2CCC(C(C)(C)C)CC2)o1. The van der Waals surface area contributed by atoms with Gasteiger partial charge in [-0.05, 0) is 43.6 Å². The zero-order valence-electron chi connectivity index (χ0n) is 12.7. The van der Waals surface area contributed by atoms with Crippen LogP contribution in [0.1, 0.15) is 71.1 Å². The van der Waals surface area contributed by atoms with Gasteiger partial charge in [-0.2, -0.15) is 0 Å². The molecule has 1 aromatic heterocycles. The Labute approximate surface area is 116 Å². The highest BCUT2D eigenvalue weighted by Crippen LogP contribution is 2.42. The summed E-state index contributed by atoms with van der Waals surface area (Å²) in [6.45, 7) is 10.7. The van der Waals surface area contributed by atoms with Crippen LogP contribution in [0.15, 0.2) is 4.42 Å². The molecule has 1 fully saturated rings. The Morgan fingerprint density at radius 1 is 1.16 bits per heavy atom. The van der Waals surface area contributed by atoms with Gasteiger partial charge in [0.1, 0.15) is 0 Å². The fourth-order valence-corrected chi connectivity index (χ4v) is 2.94. The Hall–Kier alpha value is -0.900. The first-order chi connectivity index (χ1) is 9.00. The molecule has 0 aliphatic heterocycles. The molecule has 1 aliphatic carbocycles. The molecule has 108 valence electrons. The van der Waals surface area contributed by atoms with Gasteiger partial charge in [0.2, 0.25) is 11.8 Å². The van der Waals surface area contributed by atoms with Crippen molar-refractivity contribution in [2.75, 3.05) is 6.54 Å². The Balaban J connectivity index is 1.89. The maximum Gasteiger partial charge on any atom is 0.230 e. The first kappa shape index (κ1) is 14.5. The van der Waals surface area contributed by atoms with Gasteiger partial charge in [-0.3, -0.25) is 0 Å². The molecule has 0 bridgehead atoms. The molecule has 1 aromatic rings. The second-order valence-corrected chi connectivity index (χ2v) is 6.73. The van der Waals surface area contributed by atoms with Crippen LogP contribution < -0.4 is 5.32 Å². The van der Waals surface area contributed by atoms with Gasteiger partial charge in [0.25, 0.3) is 0 Å². The lowest BCUT2D eigenvalue weighted by atomic mass is 9.70. The smallest absolute Gasteiger partial charge is 0.230 e. The molecule has 0 aromatic carbocycles.